The number of nitro groups is 1. The fraction of sp³-hybridized carbons (Fsp3) is 0.364. The lowest BCUT2D eigenvalue weighted by Crippen LogP contribution is -2.32. The minimum Gasteiger partial charge on any atom is -0.462 e. The van der Waals surface area contributed by atoms with Crippen molar-refractivity contribution in [2.24, 2.45) is 0 Å². The molecule has 30 heavy (non-hydrogen) atoms. The number of benzene rings is 2. The van der Waals surface area contributed by atoms with Crippen LogP contribution >= 0.6 is 0 Å². The van der Waals surface area contributed by atoms with E-state index in [-0.39, 0.29) is 30.0 Å². The van der Waals surface area contributed by atoms with E-state index in [4.69, 9.17) is 4.74 Å². The van der Waals surface area contributed by atoms with Crippen molar-refractivity contribution in [3.05, 3.63) is 63.7 Å². The lowest BCUT2D eigenvalue weighted by Gasteiger charge is -2.24. The van der Waals surface area contributed by atoms with Crippen molar-refractivity contribution in [1.82, 2.24) is 0 Å². The molecule has 0 aliphatic carbocycles. The highest BCUT2D eigenvalue weighted by Crippen LogP contribution is 2.33. The van der Waals surface area contributed by atoms with E-state index in [1.165, 1.54) is 11.0 Å². The monoisotopic (exact) mass is 411 g/mol. The van der Waals surface area contributed by atoms with Crippen molar-refractivity contribution in [3.8, 4) is 0 Å². The molecule has 1 fully saturated rings. The normalized spacial score (nSPS) is 13.2. The second-order valence-corrected chi connectivity index (χ2v) is 6.94. The van der Waals surface area contributed by atoms with Gasteiger partial charge in [-0.15, -0.1) is 0 Å². The minimum atomic E-state index is -0.519. The maximum atomic E-state index is 13.3. The topological polar surface area (TPSA) is 93.0 Å². The van der Waals surface area contributed by atoms with Gasteiger partial charge in [0.05, 0.1) is 22.8 Å². The molecular formula is C22H25N3O5. The Bertz CT molecular complexity index is 954. The molecule has 2 aromatic rings. The zero-order valence-electron chi connectivity index (χ0n) is 17.2. The van der Waals surface area contributed by atoms with Crippen molar-refractivity contribution < 1.29 is 19.2 Å². The fourth-order valence-electron chi connectivity index (χ4n) is 3.70. The Morgan fingerprint density at radius 1 is 1.13 bits per heavy atom. The summed E-state index contributed by atoms with van der Waals surface area (Å²) >= 11 is 0. The van der Waals surface area contributed by atoms with E-state index in [1.807, 2.05) is 4.90 Å². The number of amides is 1. The number of para-hydroxylation sites is 1. The number of carbonyl (C=O) groups is 2. The zero-order valence-corrected chi connectivity index (χ0v) is 17.2. The van der Waals surface area contributed by atoms with Crippen molar-refractivity contribution in [2.75, 3.05) is 36.0 Å². The lowest BCUT2D eigenvalue weighted by atomic mass is 10.1. The van der Waals surface area contributed by atoms with Crippen LogP contribution in [0.25, 0.3) is 0 Å². The molecule has 0 N–H and O–H groups in total. The van der Waals surface area contributed by atoms with E-state index in [1.54, 1.807) is 50.2 Å². The van der Waals surface area contributed by atoms with Crippen LogP contribution in [0, 0.1) is 10.1 Å². The molecule has 1 saturated heterocycles. The van der Waals surface area contributed by atoms with Crippen molar-refractivity contribution in [2.45, 2.75) is 26.7 Å². The van der Waals surface area contributed by atoms with E-state index in [0.29, 0.717) is 11.4 Å². The first-order valence-corrected chi connectivity index (χ1v) is 10.1. The van der Waals surface area contributed by atoms with Gasteiger partial charge in [0, 0.05) is 31.3 Å². The van der Waals surface area contributed by atoms with Crippen LogP contribution in [0.2, 0.25) is 0 Å². The number of hydrogen-bond acceptors (Lipinski definition) is 6. The number of hydrogen-bond donors (Lipinski definition) is 0. The van der Waals surface area contributed by atoms with Gasteiger partial charge in [0.1, 0.15) is 5.69 Å². The van der Waals surface area contributed by atoms with Gasteiger partial charge in [-0.2, -0.15) is 0 Å². The maximum Gasteiger partial charge on any atom is 0.340 e. The number of rotatable bonds is 7. The largest absolute Gasteiger partial charge is 0.462 e. The van der Waals surface area contributed by atoms with Gasteiger partial charge in [-0.3, -0.25) is 14.9 Å². The highest BCUT2D eigenvalue weighted by molar-refractivity contribution is 6.10. The molecule has 0 atom stereocenters. The van der Waals surface area contributed by atoms with Crippen LogP contribution in [0.15, 0.2) is 42.5 Å². The van der Waals surface area contributed by atoms with Crippen LogP contribution < -0.4 is 9.80 Å². The first kappa shape index (κ1) is 21.3. The SMILES string of the molecule is CCOC(=O)c1ccccc1N(CC)C(=O)c1ccc(N2CCCC2)c([N+](=O)[O-])c1. The summed E-state index contributed by atoms with van der Waals surface area (Å²) in [5, 5.41) is 11.7. The predicted molar refractivity (Wildman–Crippen MR) is 114 cm³/mol. The molecule has 158 valence electrons. The van der Waals surface area contributed by atoms with Crippen LogP contribution in [-0.2, 0) is 4.74 Å². The van der Waals surface area contributed by atoms with Gasteiger partial charge in [0.15, 0.2) is 0 Å². The van der Waals surface area contributed by atoms with E-state index < -0.39 is 16.8 Å². The molecule has 0 spiro atoms. The Labute approximate surface area is 175 Å². The van der Waals surface area contributed by atoms with Crippen LogP contribution in [0.5, 0.6) is 0 Å². The average Bonchev–Trinajstić information content (AvgIpc) is 3.29. The molecule has 1 heterocycles. The third-order valence-corrected chi connectivity index (χ3v) is 5.12. The summed E-state index contributed by atoms with van der Waals surface area (Å²) in [5.41, 5.74) is 1.33. The summed E-state index contributed by atoms with van der Waals surface area (Å²) in [5.74, 6) is -0.931. The molecule has 8 nitrogen and oxygen atoms in total. The Kier molecular flexibility index (Phi) is 6.66. The highest BCUT2D eigenvalue weighted by atomic mass is 16.6. The Morgan fingerprint density at radius 3 is 2.47 bits per heavy atom. The van der Waals surface area contributed by atoms with Crippen molar-refractivity contribution >= 4 is 28.9 Å². The number of nitrogens with zero attached hydrogens (tertiary/aromatic N) is 3. The molecule has 0 unspecified atom stereocenters. The number of esters is 1. The fourth-order valence-corrected chi connectivity index (χ4v) is 3.70. The molecule has 0 saturated carbocycles. The Balaban J connectivity index is 1.98. The summed E-state index contributed by atoms with van der Waals surface area (Å²) < 4.78 is 5.10. The molecule has 8 heteroatoms. The van der Waals surface area contributed by atoms with Crippen molar-refractivity contribution in [1.29, 1.82) is 0 Å². The highest BCUT2D eigenvalue weighted by Gasteiger charge is 2.27. The van der Waals surface area contributed by atoms with Crippen LogP contribution in [0.1, 0.15) is 47.4 Å². The van der Waals surface area contributed by atoms with Gasteiger partial charge < -0.3 is 14.5 Å². The smallest absolute Gasteiger partial charge is 0.340 e. The number of nitro benzene ring substituents is 1. The van der Waals surface area contributed by atoms with Crippen LogP contribution in [-0.4, -0.2) is 43.0 Å². The quantitative estimate of drug-likeness (QED) is 0.388. The van der Waals surface area contributed by atoms with E-state index >= 15 is 0 Å². The summed E-state index contributed by atoms with van der Waals surface area (Å²) in [6, 6.07) is 11.3. The van der Waals surface area contributed by atoms with Crippen LogP contribution in [0.4, 0.5) is 17.1 Å². The molecule has 0 bridgehead atoms. The first-order valence-electron chi connectivity index (χ1n) is 10.1. The third-order valence-electron chi connectivity index (χ3n) is 5.12. The summed E-state index contributed by atoms with van der Waals surface area (Å²) in [6.45, 7) is 5.54. The summed E-state index contributed by atoms with van der Waals surface area (Å²) in [6.07, 6.45) is 1.98. The summed E-state index contributed by atoms with van der Waals surface area (Å²) in [7, 11) is 0. The molecule has 2 aromatic carbocycles. The standard InChI is InChI=1S/C22H25N3O5/c1-3-24(18-10-6-5-9-17(18)22(27)30-4-2)21(26)16-11-12-19(20(15-16)25(28)29)23-13-7-8-14-23/h5-6,9-12,15H,3-4,7-8,13-14H2,1-2H3. The predicted octanol–water partition coefficient (Wildman–Crippen LogP) is 4.04. The molecule has 1 amide bonds. The molecule has 0 aromatic heterocycles. The minimum absolute atomic E-state index is 0.0857. The van der Waals surface area contributed by atoms with Gasteiger partial charge in [0.2, 0.25) is 0 Å². The lowest BCUT2D eigenvalue weighted by molar-refractivity contribution is -0.384. The van der Waals surface area contributed by atoms with Gasteiger partial charge in [-0.1, -0.05) is 12.1 Å². The van der Waals surface area contributed by atoms with Gasteiger partial charge >= 0.3 is 5.97 Å². The third kappa shape index (κ3) is 4.27. The number of anilines is 2. The molecule has 0 radical (unpaired) electrons. The number of carbonyl (C=O) groups excluding carboxylic acids is 2. The average molecular weight is 411 g/mol. The zero-order chi connectivity index (χ0) is 21.7. The molecule has 3 rings (SSSR count). The van der Waals surface area contributed by atoms with Gasteiger partial charge in [-0.25, -0.2) is 4.79 Å². The first-order chi connectivity index (χ1) is 14.5. The van der Waals surface area contributed by atoms with E-state index in [9.17, 15) is 19.7 Å². The van der Waals surface area contributed by atoms with E-state index in [0.717, 1.165) is 25.9 Å². The second kappa shape index (κ2) is 9.39. The molecule has 1 aliphatic heterocycles. The van der Waals surface area contributed by atoms with Gasteiger partial charge in [-0.05, 0) is 51.0 Å². The maximum absolute atomic E-state index is 13.3. The van der Waals surface area contributed by atoms with E-state index in [2.05, 4.69) is 0 Å². The second-order valence-electron chi connectivity index (χ2n) is 6.94. The Hall–Kier alpha value is -3.42. The van der Waals surface area contributed by atoms with Gasteiger partial charge in [0.25, 0.3) is 11.6 Å². The molecule has 1 aliphatic rings. The van der Waals surface area contributed by atoms with Crippen LogP contribution in [0.3, 0.4) is 0 Å². The Morgan fingerprint density at radius 2 is 1.83 bits per heavy atom. The summed E-state index contributed by atoms with van der Waals surface area (Å²) in [4.78, 5) is 40.2. The van der Waals surface area contributed by atoms with Crippen molar-refractivity contribution in [3.63, 3.8) is 0 Å². The number of ether oxygens (including phenoxy) is 1. The molecular weight excluding hydrogens is 386 g/mol.